The number of ether oxygens (including phenoxy) is 1. The number of rotatable bonds is 4. The molecule has 28 heavy (non-hydrogen) atoms. The van der Waals surface area contributed by atoms with Gasteiger partial charge in [-0.3, -0.25) is 14.5 Å². The van der Waals surface area contributed by atoms with Crippen LogP contribution in [0.15, 0.2) is 41.6 Å². The first-order valence-electron chi connectivity index (χ1n) is 9.17. The zero-order chi connectivity index (χ0) is 19.3. The van der Waals surface area contributed by atoms with Crippen molar-refractivity contribution in [3.8, 4) is 5.75 Å². The van der Waals surface area contributed by atoms with Crippen LogP contribution in [0.5, 0.6) is 5.75 Å². The Morgan fingerprint density at radius 1 is 1.14 bits per heavy atom. The molecule has 5 rings (SSSR count). The molecule has 0 unspecified atom stereocenters. The van der Waals surface area contributed by atoms with Gasteiger partial charge in [0.25, 0.3) is 0 Å². The van der Waals surface area contributed by atoms with Crippen molar-refractivity contribution in [2.45, 2.75) is 43.9 Å². The lowest BCUT2D eigenvalue weighted by Crippen LogP contribution is -2.41. The quantitative estimate of drug-likeness (QED) is 0.690. The fourth-order valence-electron chi connectivity index (χ4n) is 3.89. The van der Waals surface area contributed by atoms with Gasteiger partial charge >= 0.3 is 5.69 Å². The van der Waals surface area contributed by atoms with Crippen LogP contribution in [-0.4, -0.2) is 30.4 Å². The molecule has 0 N–H and O–H groups in total. The van der Waals surface area contributed by atoms with Gasteiger partial charge < -0.3 is 4.74 Å². The molecule has 0 amide bonds. The summed E-state index contributed by atoms with van der Waals surface area (Å²) in [5.41, 5.74) is 0.607. The van der Waals surface area contributed by atoms with Gasteiger partial charge in [0.1, 0.15) is 17.7 Å². The second-order valence-corrected chi connectivity index (χ2v) is 7.14. The Hall–Kier alpha value is -3.10. The minimum absolute atomic E-state index is 0.0663. The Morgan fingerprint density at radius 3 is 2.75 bits per heavy atom. The predicted molar refractivity (Wildman–Crippen MR) is 94.0 cm³/mol. The molecular formula is C19H17F2N5O2. The predicted octanol–water partition coefficient (Wildman–Crippen LogP) is 2.43. The molecule has 1 aliphatic carbocycles. The van der Waals surface area contributed by atoms with Crippen LogP contribution in [0, 0.1) is 11.6 Å². The van der Waals surface area contributed by atoms with Crippen molar-refractivity contribution in [3.63, 3.8) is 0 Å². The highest BCUT2D eigenvalue weighted by Gasteiger charge is 2.38. The molecule has 144 valence electrons. The van der Waals surface area contributed by atoms with Crippen LogP contribution in [0.2, 0.25) is 0 Å². The molecule has 1 saturated carbocycles. The fraction of sp³-hybridized carbons (Fsp3) is 0.368. The maximum atomic E-state index is 13.3. The van der Waals surface area contributed by atoms with E-state index < -0.39 is 11.6 Å². The summed E-state index contributed by atoms with van der Waals surface area (Å²) < 4.78 is 35.2. The van der Waals surface area contributed by atoms with Gasteiger partial charge in [-0.05, 0) is 18.6 Å². The summed E-state index contributed by atoms with van der Waals surface area (Å²) in [7, 11) is 0. The maximum Gasteiger partial charge on any atom is 0.346 e. The Morgan fingerprint density at radius 2 is 2.00 bits per heavy atom. The normalized spacial score (nSPS) is 23.3. The number of aryl methyl sites for hydroxylation is 1. The largest absolute Gasteiger partial charge is 0.490 e. The van der Waals surface area contributed by atoms with E-state index in [1.54, 1.807) is 23.2 Å². The van der Waals surface area contributed by atoms with Gasteiger partial charge in [0.2, 0.25) is 0 Å². The zero-order valence-corrected chi connectivity index (χ0v) is 14.8. The van der Waals surface area contributed by atoms with E-state index >= 15 is 0 Å². The average molecular weight is 385 g/mol. The third-order valence-corrected chi connectivity index (χ3v) is 5.39. The summed E-state index contributed by atoms with van der Waals surface area (Å²) in [5.74, 6) is -0.809. The van der Waals surface area contributed by atoms with Crippen LogP contribution in [0.1, 0.15) is 42.9 Å². The van der Waals surface area contributed by atoms with Crippen molar-refractivity contribution in [2.75, 3.05) is 0 Å². The molecule has 1 fully saturated rings. The van der Waals surface area contributed by atoms with Gasteiger partial charge in [0, 0.05) is 37.7 Å². The average Bonchev–Trinajstić information content (AvgIpc) is 3.22. The lowest BCUT2D eigenvalue weighted by molar-refractivity contribution is 0.0619. The number of halogens is 2. The highest BCUT2D eigenvalue weighted by molar-refractivity contribution is 5.24. The molecule has 7 nitrogen and oxygen atoms in total. The molecule has 0 saturated heterocycles. The lowest BCUT2D eigenvalue weighted by Gasteiger charge is -2.34. The number of aromatic nitrogens is 5. The summed E-state index contributed by atoms with van der Waals surface area (Å²) >= 11 is 0. The fourth-order valence-corrected chi connectivity index (χ4v) is 3.89. The van der Waals surface area contributed by atoms with E-state index in [9.17, 15) is 13.6 Å². The molecule has 1 atom stereocenters. The smallest absolute Gasteiger partial charge is 0.346 e. The van der Waals surface area contributed by atoms with Crippen LogP contribution < -0.4 is 10.4 Å². The summed E-state index contributed by atoms with van der Waals surface area (Å²) in [6.45, 7) is 0. The first kappa shape index (κ1) is 17.0. The van der Waals surface area contributed by atoms with Crippen LogP contribution in [0.25, 0.3) is 0 Å². The van der Waals surface area contributed by atoms with E-state index in [1.807, 2.05) is 0 Å². The van der Waals surface area contributed by atoms with Crippen molar-refractivity contribution in [3.05, 3.63) is 70.4 Å². The van der Waals surface area contributed by atoms with Crippen LogP contribution in [-0.2, 0) is 6.42 Å². The van der Waals surface area contributed by atoms with E-state index in [0.29, 0.717) is 19.3 Å². The number of benzene rings is 1. The van der Waals surface area contributed by atoms with E-state index in [4.69, 9.17) is 4.74 Å². The summed E-state index contributed by atoms with van der Waals surface area (Å²) in [6, 6.07) is 3.26. The molecular weight excluding hydrogens is 368 g/mol. The highest BCUT2D eigenvalue weighted by atomic mass is 19.2. The Bertz CT molecular complexity index is 1080. The summed E-state index contributed by atoms with van der Waals surface area (Å²) in [4.78, 5) is 21.3. The molecule has 0 spiro atoms. The van der Waals surface area contributed by atoms with Gasteiger partial charge in [-0.2, -0.15) is 5.10 Å². The first-order valence-corrected chi connectivity index (χ1v) is 9.17. The molecule has 9 heteroatoms. The van der Waals surface area contributed by atoms with Crippen LogP contribution >= 0.6 is 0 Å². The molecule has 3 aromatic rings. The molecule has 3 heterocycles. The van der Waals surface area contributed by atoms with Crippen molar-refractivity contribution >= 4 is 0 Å². The second-order valence-electron chi connectivity index (χ2n) is 7.14. The van der Waals surface area contributed by atoms with Gasteiger partial charge in [-0.15, -0.1) is 0 Å². The van der Waals surface area contributed by atoms with Crippen LogP contribution in [0.3, 0.4) is 0 Å². The van der Waals surface area contributed by atoms with Crippen molar-refractivity contribution < 1.29 is 13.5 Å². The molecule has 0 bridgehead atoms. The third kappa shape index (κ3) is 2.78. The van der Waals surface area contributed by atoms with E-state index in [1.165, 1.54) is 10.7 Å². The second kappa shape index (κ2) is 6.50. The van der Waals surface area contributed by atoms with Crippen LogP contribution in [0.4, 0.5) is 8.78 Å². The van der Waals surface area contributed by atoms with Gasteiger partial charge in [-0.25, -0.2) is 18.3 Å². The summed E-state index contributed by atoms with van der Waals surface area (Å²) in [5, 5.41) is 4.51. The Labute approximate surface area is 158 Å². The molecule has 1 aliphatic heterocycles. The number of fused-ring (bicyclic) bond motifs is 1. The third-order valence-electron chi connectivity index (χ3n) is 5.39. The molecule has 1 aromatic carbocycles. The minimum atomic E-state index is -0.940. The number of hydrogen-bond donors (Lipinski definition) is 0. The highest BCUT2D eigenvalue weighted by Crippen LogP contribution is 2.35. The zero-order valence-electron chi connectivity index (χ0n) is 14.8. The topological polar surface area (TPSA) is 74.8 Å². The van der Waals surface area contributed by atoms with Gasteiger partial charge in [-0.1, -0.05) is 0 Å². The van der Waals surface area contributed by atoms with Crippen molar-refractivity contribution in [1.82, 2.24) is 24.3 Å². The van der Waals surface area contributed by atoms with E-state index in [0.717, 1.165) is 30.1 Å². The first-order chi connectivity index (χ1) is 13.6. The van der Waals surface area contributed by atoms with E-state index in [-0.39, 0.29) is 29.6 Å². The van der Waals surface area contributed by atoms with E-state index in [2.05, 4.69) is 15.1 Å². The van der Waals surface area contributed by atoms with Crippen molar-refractivity contribution in [1.29, 1.82) is 0 Å². The SMILES string of the molecule is O=c1n(C2CC(Oc3ccc(F)c(F)c3)C2)nc2n1[C@H](c1cnccn1)CC2. The minimum Gasteiger partial charge on any atom is -0.490 e. The number of hydrogen-bond acceptors (Lipinski definition) is 5. The standard InChI is InChI=1S/C19H17F2N5O2/c20-14-2-1-12(9-15(14)21)28-13-7-11(8-13)26-19(27)25-17(3-4-18(25)24-26)16-10-22-5-6-23-16/h1-2,5-6,9-11,13,17H,3-4,7-8H2/t11?,13?,17-/m0/s1. The van der Waals surface area contributed by atoms with Gasteiger partial charge in [0.15, 0.2) is 11.6 Å². The molecule has 2 aliphatic rings. The van der Waals surface area contributed by atoms with Gasteiger partial charge in [0.05, 0.1) is 24.0 Å². The molecule has 0 radical (unpaired) electrons. The molecule has 2 aromatic heterocycles. The summed E-state index contributed by atoms with van der Waals surface area (Å²) in [6.07, 6.45) is 7.42. The monoisotopic (exact) mass is 385 g/mol. The Kier molecular flexibility index (Phi) is 3.96. The van der Waals surface area contributed by atoms with Crippen molar-refractivity contribution in [2.24, 2.45) is 0 Å². The Balaban J connectivity index is 1.30. The maximum absolute atomic E-state index is 13.3. The number of nitrogens with zero attached hydrogens (tertiary/aromatic N) is 5. The lowest BCUT2D eigenvalue weighted by atomic mass is 9.89.